The van der Waals surface area contributed by atoms with Gasteiger partial charge in [0.15, 0.2) is 5.16 Å². The highest BCUT2D eigenvalue weighted by atomic mass is 32.2. The zero-order chi connectivity index (χ0) is 16.4. The van der Waals surface area contributed by atoms with E-state index in [1.165, 1.54) is 38.5 Å². The molecule has 3 aliphatic rings. The van der Waals surface area contributed by atoms with Gasteiger partial charge in [-0.1, -0.05) is 11.8 Å². The lowest BCUT2D eigenvalue weighted by Crippen LogP contribution is -2.36. The number of hydrogen-bond donors (Lipinski definition) is 0. The molecule has 3 heterocycles. The van der Waals surface area contributed by atoms with Crippen molar-refractivity contribution < 1.29 is 4.79 Å². The van der Waals surface area contributed by atoms with Crippen molar-refractivity contribution >= 4 is 23.6 Å². The Hall–Kier alpha value is -1.24. The number of piperidine rings is 2. The highest BCUT2D eigenvalue weighted by Crippen LogP contribution is 2.41. The van der Waals surface area contributed by atoms with Gasteiger partial charge in [-0.3, -0.25) is 9.36 Å². The number of carbonyl (C=O) groups excluding carboxylic acids is 1. The maximum atomic E-state index is 12.4. The number of likely N-dealkylation sites (tertiary alicyclic amines) is 1. The fraction of sp³-hybridized carbons (Fsp3) is 0.824. The number of anilines is 1. The Morgan fingerprint density at radius 1 is 0.958 bits per heavy atom. The molecule has 1 aliphatic carbocycles. The molecule has 0 spiro atoms. The van der Waals surface area contributed by atoms with Crippen LogP contribution in [0.2, 0.25) is 0 Å². The molecule has 3 fully saturated rings. The van der Waals surface area contributed by atoms with Gasteiger partial charge in [-0.2, -0.15) is 0 Å². The maximum Gasteiger partial charge on any atom is 0.233 e. The van der Waals surface area contributed by atoms with Crippen LogP contribution in [0.25, 0.3) is 0 Å². The van der Waals surface area contributed by atoms with Gasteiger partial charge in [0, 0.05) is 32.2 Å². The fourth-order valence-electron chi connectivity index (χ4n) is 3.69. The van der Waals surface area contributed by atoms with Gasteiger partial charge in [0.2, 0.25) is 11.9 Å². The molecule has 1 saturated carbocycles. The average molecular weight is 350 g/mol. The molecule has 1 amide bonds. The van der Waals surface area contributed by atoms with E-state index in [0.29, 0.717) is 11.8 Å². The summed E-state index contributed by atoms with van der Waals surface area (Å²) in [4.78, 5) is 16.8. The summed E-state index contributed by atoms with van der Waals surface area (Å²) in [6, 6.07) is 0.546. The van der Waals surface area contributed by atoms with Crippen LogP contribution in [0.15, 0.2) is 5.16 Å². The first-order valence-corrected chi connectivity index (χ1v) is 10.4. The lowest BCUT2D eigenvalue weighted by atomic mass is 10.1. The minimum absolute atomic E-state index is 0.254. The molecule has 2 saturated heterocycles. The molecule has 0 radical (unpaired) electrons. The minimum Gasteiger partial charge on any atom is -0.342 e. The van der Waals surface area contributed by atoms with E-state index >= 15 is 0 Å². The summed E-state index contributed by atoms with van der Waals surface area (Å²) in [5.41, 5.74) is 0. The Labute approximate surface area is 148 Å². The molecule has 132 valence electrons. The van der Waals surface area contributed by atoms with Crippen LogP contribution >= 0.6 is 11.8 Å². The minimum atomic E-state index is 0.254. The standard InChI is InChI=1S/C17H27N5OS/c23-15(20-9-3-1-4-10-20)13-24-17-19-18-16(22(17)14-7-8-14)21-11-5-2-6-12-21/h14H,1-13H2. The van der Waals surface area contributed by atoms with Crippen LogP contribution < -0.4 is 4.90 Å². The third-order valence-electron chi connectivity index (χ3n) is 5.23. The van der Waals surface area contributed by atoms with Gasteiger partial charge < -0.3 is 9.80 Å². The lowest BCUT2D eigenvalue weighted by molar-refractivity contribution is -0.129. The number of nitrogens with zero attached hydrogens (tertiary/aromatic N) is 5. The van der Waals surface area contributed by atoms with Crippen molar-refractivity contribution in [3.63, 3.8) is 0 Å². The summed E-state index contributed by atoms with van der Waals surface area (Å²) in [6.07, 6.45) is 9.79. The summed E-state index contributed by atoms with van der Waals surface area (Å²) >= 11 is 1.57. The van der Waals surface area contributed by atoms with E-state index in [4.69, 9.17) is 0 Å². The van der Waals surface area contributed by atoms with Crippen molar-refractivity contribution in [3.05, 3.63) is 0 Å². The molecule has 1 aromatic rings. The van der Waals surface area contributed by atoms with Crippen LogP contribution in [0.1, 0.15) is 57.4 Å². The van der Waals surface area contributed by atoms with Gasteiger partial charge in [0.25, 0.3) is 0 Å². The van der Waals surface area contributed by atoms with Crippen LogP contribution in [-0.4, -0.2) is 57.5 Å². The van der Waals surface area contributed by atoms with Gasteiger partial charge in [0.05, 0.1) is 5.75 Å². The summed E-state index contributed by atoms with van der Waals surface area (Å²) in [5, 5.41) is 9.85. The number of hydrogen-bond acceptors (Lipinski definition) is 5. The van der Waals surface area contributed by atoms with Gasteiger partial charge >= 0.3 is 0 Å². The monoisotopic (exact) mass is 349 g/mol. The van der Waals surface area contributed by atoms with Crippen molar-refractivity contribution in [1.82, 2.24) is 19.7 Å². The van der Waals surface area contributed by atoms with Crippen molar-refractivity contribution in [2.75, 3.05) is 36.8 Å². The molecule has 0 bridgehead atoms. The zero-order valence-electron chi connectivity index (χ0n) is 14.3. The van der Waals surface area contributed by atoms with E-state index in [-0.39, 0.29) is 5.91 Å². The number of thioether (sulfide) groups is 1. The fourth-order valence-corrected chi connectivity index (χ4v) is 4.59. The Kier molecular flexibility index (Phi) is 4.96. The van der Waals surface area contributed by atoms with Crippen LogP contribution in [-0.2, 0) is 4.79 Å². The van der Waals surface area contributed by atoms with Gasteiger partial charge in [-0.05, 0) is 51.4 Å². The van der Waals surface area contributed by atoms with Crippen LogP contribution in [0, 0.1) is 0 Å². The second-order valence-electron chi connectivity index (χ2n) is 7.16. The smallest absolute Gasteiger partial charge is 0.233 e. The van der Waals surface area contributed by atoms with E-state index in [1.54, 1.807) is 11.8 Å². The summed E-state index contributed by atoms with van der Waals surface area (Å²) in [7, 11) is 0. The molecule has 0 N–H and O–H groups in total. The van der Waals surface area contributed by atoms with E-state index < -0.39 is 0 Å². The zero-order valence-corrected chi connectivity index (χ0v) is 15.1. The van der Waals surface area contributed by atoms with Crippen LogP contribution in [0.5, 0.6) is 0 Å². The molecule has 1 aromatic heterocycles. The maximum absolute atomic E-state index is 12.4. The Bertz CT molecular complexity index is 574. The van der Waals surface area contributed by atoms with Crippen LogP contribution in [0.3, 0.4) is 0 Å². The Morgan fingerprint density at radius 3 is 2.29 bits per heavy atom. The number of amides is 1. The van der Waals surface area contributed by atoms with E-state index in [0.717, 1.165) is 50.1 Å². The first kappa shape index (κ1) is 16.2. The molecule has 0 atom stereocenters. The van der Waals surface area contributed by atoms with Gasteiger partial charge in [0.1, 0.15) is 0 Å². The third kappa shape index (κ3) is 3.55. The number of carbonyl (C=O) groups is 1. The first-order valence-electron chi connectivity index (χ1n) is 9.43. The van der Waals surface area contributed by atoms with E-state index in [1.807, 2.05) is 4.90 Å². The number of rotatable bonds is 5. The molecule has 6 nitrogen and oxygen atoms in total. The van der Waals surface area contributed by atoms with E-state index in [9.17, 15) is 4.79 Å². The lowest BCUT2D eigenvalue weighted by Gasteiger charge is -2.28. The predicted molar refractivity (Wildman–Crippen MR) is 95.5 cm³/mol. The average Bonchev–Trinajstić information content (AvgIpc) is 3.40. The number of aromatic nitrogens is 3. The van der Waals surface area contributed by atoms with E-state index in [2.05, 4.69) is 19.7 Å². The topological polar surface area (TPSA) is 54.3 Å². The second-order valence-corrected chi connectivity index (χ2v) is 8.10. The SMILES string of the molecule is O=C(CSc1nnc(N2CCCCC2)n1C1CC1)N1CCCCC1. The second kappa shape index (κ2) is 7.33. The molecule has 4 rings (SSSR count). The molecular weight excluding hydrogens is 322 g/mol. The molecule has 7 heteroatoms. The van der Waals surface area contributed by atoms with Gasteiger partial charge in [-0.25, -0.2) is 0 Å². The quantitative estimate of drug-likeness (QED) is 0.765. The molecular formula is C17H27N5OS. The van der Waals surface area contributed by atoms with Crippen molar-refractivity contribution in [3.8, 4) is 0 Å². The summed E-state index contributed by atoms with van der Waals surface area (Å²) in [6.45, 7) is 4.02. The molecule has 0 aromatic carbocycles. The molecule has 0 unspecified atom stereocenters. The van der Waals surface area contributed by atoms with Crippen molar-refractivity contribution in [1.29, 1.82) is 0 Å². The molecule has 24 heavy (non-hydrogen) atoms. The summed E-state index contributed by atoms with van der Waals surface area (Å²) in [5.74, 6) is 1.78. The summed E-state index contributed by atoms with van der Waals surface area (Å²) < 4.78 is 2.31. The highest BCUT2D eigenvalue weighted by Gasteiger charge is 2.32. The van der Waals surface area contributed by atoms with Crippen molar-refractivity contribution in [2.45, 2.75) is 62.6 Å². The van der Waals surface area contributed by atoms with Crippen LogP contribution in [0.4, 0.5) is 5.95 Å². The normalized spacial score (nSPS) is 22.0. The Balaban J connectivity index is 1.43. The Morgan fingerprint density at radius 2 is 1.62 bits per heavy atom. The van der Waals surface area contributed by atoms with Gasteiger partial charge in [-0.15, -0.1) is 10.2 Å². The third-order valence-corrected chi connectivity index (χ3v) is 6.16. The highest BCUT2D eigenvalue weighted by molar-refractivity contribution is 7.99. The predicted octanol–water partition coefficient (Wildman–Crippen LogP) is 2.71. The largest absolute Gasteiger partial charge is 0.342 e. The first-order chi connectivity index (χ1) is 11.8. The van der Waals surface area contributed by atoms with Crippen molar-refractivity contribution in [2.24, 2.45) is 0 Å². The molecule has 2 aliphatic heterocycles.